The maximum Gasteiger partial charge on any atom is 0.0991 e. The molecule has 1 aromatic heterocycles. The largest absolute Gasteiger partial charge is 0.327 e. The zero-order chi connectivity index (χ0) is 13.5. The Morgan fingerprint density at radius 3 is 2.80 bits per heavy atom. The van der Waals surface area contributed by atoms with Crippen molar-refractivity contribution in [2.75, 3.05) is 0 Å². The number of nitriles is 1. The lowest BCUT2D eigenvalue weighted by atomic mass is 9.81. The van der Waals surface area contributed by atoms with Crippen LogP contribution in [-0.2, 0) is 6.42 Å². The molecule has 2 aliphatic rings. The average molecular weight is 263 g/mol. The molecule has 1 aliphatic heterocycles. The standard InChI is InChI=1S/C17H17N3/c18-10-12-4-6-13(7-5-12)16-9-8-14-2-1-3-15-17(14)20(16)11-19-15/h4-7,11,14,16H,1-3,8-9H2. The van der Waals surface area contributed by atoms with Gasteiger partial charge < -0.3 is 4.57 Å². The molecule has 2 unspecified atom stereocenters. The number of hydrogen-bond acceptors (Lipinski definition) is 2. The van der Waals surface area contributed by atoms with E-state index >= 15 is 0 Å². The Kier molecular flexibility index (Phi) is 2.63. The summed E-state index contributed by atoms with van der Waals surface area (Å²) in [7, 11) is 0. The zero-order valence-electron chi connectivity index (χ0n) is 11.4. The van der Waals surface area contributed by atoms with E-state index in [1.54, 1.807) is 0 Å². The molecule has 1 aliphatic carbocycles. The molecule has 2 aromatic rings. The summed E-state index contributed by atoms with van der Waals surface area (Å²) in [5.41, 5.74) is 4.83. The number of nitrogens with zero attached hydrogens (tertiary/aromatic N) is 3. The van der Waals surface area contributed by atoms with Gasteiger partial charge in [-0.25, -0.2) is 4.98 Å². The van der Waals surface area contributed by atoms with Gasteiger partial charge in [-0.05, 0) is 49.8 Å². The van der Waals surface area contributed by atoms with E-state index in [0.717, 1.165) is 17.9 Å². The monoisotopic (exact) mass is 263 g/mol. The van der Waals surface area contributed by atoms with E-state index in [1.807, 2.05) is 18.5 Å². The first-order valence-electron chi connectivity index (χ1n) is 7.42. The summed E-state index contributed by atoms with van der Waals surface area (Å²) in [6.07, 6.45) is 8.22. The maximum atomic E-state index is 8.91. The summed E-state index contributed by atoms with van der Waals surface area (Å²) in [6.45, 7) is 0. The highest BCUT2D eigenvalue weighted by Crippen LogP contribution is 2.43. The lowest BCUT2D eigenvalue weighted by Crippen LogP contribution is -2.24. The third-order valence-corrected chi connectivity index (χ3v) is 4.81. The highest BCUT2D eigenvalue weighted by Gasteiger charge is 2.32. The lowest BCUT2D eigenvalue weighted by molar-refractivity contribution is 0.370. The molecular formula is C17H17N3. The first-order valence-corrected chi connectivity index (χ1v) is 7.42. The van der Waals surface area contributed by atoms with Crippen molar-refractivity contribution in [2.45, 2.75) is 44.1 Å². The van der Waals surface area contributed by atoms with Crippen molar-refractivity contribution in [3.8, 4) is 6.07 Å². The van der Waals surface area contributed by atoms with Crippen molar-refractivity contribution < 1.29 is 0 Å². The normalized spacial score (nSPS) is 23.9. The Morgan fingerprint density at radius 1 is 1.15 bits per heavy atom. The van der Waals surface area contributed by atoms with Gasteiger partial charge in [0.25, 0.3) is 0 Å². The molecule has 0 saturated heterocycles. The number of imidazole rings is 1. The van der Waals surface area contributed by atoms with E-state index < -0.39 is 0 Å². The zero-order valence-corrected chi connectivity index (χ0v) is 11.4. The van der Waals surface area contributed by atoms with Gasteiger partial charge in [0.15, 0.2) is 0 Å². The van der Waals surface area contributed by atoms with Gasteiger partial charge in [0.2, 0.25) is 0 Å². The molecule has 2 atom stereocenters. The number of aryl methyl sites for hydroxylation is 1. The SMILES string of the molecule is N#Cc1ccc(C2CCC3CCCc4ncn2c43)cc1. The fourth-order valence-electron chi connectivity index (χ4n) is 3.84. The van der Waals surface area contributed by atoms with Crippen molar-refractivity contribution in [2.24, 2.45) is 0 Å². The predicted octanol–water partition coefficient (Wildman–Crippen LogP) is 3.56. The molecule has 3 heteroatoms. The van der Waals surface area contributed by atoms with Gasteiger partial charge in [-0.3, -0.25) is 0 Å². The average Bonchev–Trinajstić information content (AvgIpc) is 2.94. The molecule has 0 amide bonds. The van der Waals surface area contributed by atoms with Crippen LogP contribution in [0.1, 0.15) is 60.2 Å². The van der Waals surface area contributed by atoms with Crippen molar-refractivity contribution >= 4 is 0 Å². The van der Waals surface area contributed by atoms with E-state index in [-0.39, 0.29) is 0 Å². The second-order valence-corrected chi connectivity index (χ2v) is 5.90. The smallest absolute Gasteiger partial charge is 0.0991 e. The quantitative estimate of drug-likeness (QED) is 0.789. The summed E-state index contributed by atoms with van der Waals surface area (Å²) >= 11 is 0. The minimum atomic E-state index is 0.397. The van der Waals surface area contributed by atoms with Crippen LogP contribution >= 0.6 is 0 Å². The molecule has 4 rings (SSSR count). The molecule has 3 nitrogen and oxygen atoms in total. The fraction of sp³-hybridized carbons (Fsp3) is 0.412. The molecule has 100 valence electrons. The minimum absolute atomic E-state index is 0.397. The van der Waals surface area contributed by atoms with Crippen molar-refractivity contribution in [3.05, 3.63) is 53.1 Å². The van der Waals surface area contributed by atoms with E-state index in [4.69, 9.17) is 5.26 Å². The third kappa shape index (κ3) is 1.68. The Morgan fingerprint density at radius 2 is 2.00 bits per heavy atom. The van der Waals surface area contributed by atoms with Crippen LogP contribution in [0.25, 0.3) is 0 Å². The first kappa shape index (κ1) is 11.7. The number of benzene rings is 1. The first-order chi connectivity index (χ1) is 9.86. The topological polar surface area (TPSA) is 41.6 Å². The number of hydrogen-bond donors (Lipinski definition) is 0. The minimum Gasteiger partial charge on any atom is -0.327 e. The van der Waals surface area contributed by atoms with Crippen molar-refractivity contribution in [3.63, 3.8) is 0 Å². The predicted molar refractivity (Wildman–Crippen MR) is 76.4 cm³/mol. The summed E-state index contributed by atoms with van der Waals surface area (Å²) in [6, 6.07) is 10.6. The van der Waals surface area contributed by atoms with Crippen LogP contribution in [0.3, 0.4) is 0 Å². The molecule has 20 heavy (non-hydrogen) atoms. The summed E-state index contributed by atoms with van der Waals surface area (Å²) in [5.74, 6) is 0.718. The summed E-state index contributed by atoms with van der Waals surface area (Å²) in [5, 5.41) is 8.91. The van der Waals surface area contributed by atoms with Crippen LogP contribution < -0.4 is 0 Å². The van der Waals surface area contributed by atoms with E-state index in [9.17, 15) is 0 Å². The molecule has 0 saturated carbocycles. The van der Waals surface area contributed by atoms with Gasteiger partial charge in [0.1, 0.15) is 0 Å². The van der Waals surface area contributed by atoms with Crippen LogP contribution in [0.2, 0.25) is 0 Å². The Hall–Kier alpha value is -2.08. The van der Waals surface area contributed by atoms with Gasteiger partial charge in [0, 0.05) is 11.6 Å². The lowest BCUT2D eigenvalue weighted by Gasteiger charge is -2.34. The fourth-order valence-corrected chi connectivity index (χ4v) is 3.84. The highest BCUT2D eigenvalue weighted by molar-refractivity contribution is 5.35. The molecule has 0 bridgehead atoms. The Labute approximate surface area is 118 Å². The van der Waals surface area contributed by atoms with Crippen LogP contribution in [0, 0.1) is 11.3 Å². The molecule has 0 radical (unpaired) electrons. The summed E-state index contributed by atoms with van der Waals surface area (Å²) in [4.78, 5) is 4.64. The van der Waals surface area contributed by atoms with Gasteiger partial charge in [-0.1, -0.05) is 12.1 Å². The van der Waals surface area contributed by atoms with Gasteiger partial charge in [-0.15, -0.1) is 0 Å². The van der Waals surface area contributed by atoms with Crippen LogP contribution in [0.15, 0.2) is 30.6 Å². The Bertz CT molecular complexity index is 675. The van der Waals surface area contributed by atoms with Crippen LogP contribution in [-0.4, -0.2) is 9.55 Å². The Balaban J connectivity index is 1.76. The summed E-state index contributed by atoms with van der Waals surface area (Å²) < 4.78 is 2.39. The van der Waals surface area contributed by atoms with E-state index in [1.165, 1.54) is 42.6 Å². The van der Waals surface area contributed by atoms with Gasteiger partial charge in [-0.2, -0.15) is 5.26 Å². The van der Waals surface area contributed by atoms with Gasteiger partial charge >= 0.3 is 0 Å². The third-order valence-electron chi connectivity index (χ3n) is 4.81. The maximum absolute atomic E-state index is 8.91. The molecule has 2 heterocycles. The van der Waals surface area contributed by atoms with Crippen LogP contribution in [0.4, 0.5) is 0 Å². The van der Waals surface area contributed by atoms with Crippen molar-refractivity contribution in [1.29, 1.82) is 5.26 Å². The molecule has 0 N–H and O–H groups in total. The second kappa shape index (κ2) is 4.49. The highest BCUT2D eigenvalue weighted by atomic mass is 15.1. The molecular weight excluding hydrogens is 246 g/mol. The van der Waals surface area contributed by atoms with Crippen LogP contribution in [0.5, 0.6) is 0 Å². The molecule has 0 fully saturated rings. The van der Waals surface area contributed by atoms with E-state index in [2.05, 4.69) is 27.8 Å². The number of aromatic nitrogens is 2. The molecule has 0 spiro atoms. The van der Waals surface area contributed by atoms with Crippen molar-refractivity contribution in [1.82, 2.24) is 9.55 Å². The second-order valence-electron chi connectivity index (χ2n) is 5.90. The van der Waals surface area contributed by atoms with Gasteiger partial charge in [0.05, 0.1) is 29.7 Å². The van der Waals surface area contributed by atoms with E-state index in [0.29, 0.717) is 6.04 Å². The molecule has 1 aromatic carbocycles. The number of rotatable bonds is 1.